The highest BCUT2D eigenvalue weighted by atomic mass is 32.1. The number of thiol groups is 1. The Labute approximate surface area is 87.6 Å². The zero-order valence-electron chi connectivity index (χ0n) is 7.40. The summed E-state index contributed by atoms with van der Waals surface area (Å²) in [5.74, 6) is 5.38. The highest BCUT2D eigenvalue weighted by Crippen LogP contribution is 2.01. The predicted octanol–water partition coefficient (Wildman–Crippen LogP) is 1.45. The van der Waals surface area contributed by atoms with Crippen LogP contribution in [-0.4, -0.2) is 21.8 Å². The molecule has 1 rings (SSSR count). The molecule has 3 nitrogen and oxygen atoms in total. The van der Waals surface area contributed by atoms with Gasteiger partial charge in [-0.25, -0.2) is 4.79 Å². The minimum Gasteiger partial charge on any atom is -0.478 e. The lowest BCUT2D eigenvalue weighted by atomic mass is 10.2. The Morgan fingerprint density at radius 1 is 1.57 bits per heavy atom. The number of carboxylic acid groups (broad SMARTS) is 1. The van der Waals surface area contributed by atoms with Crippen molar-refractivity contribution in [2.75, 3.05) is 5.75 Å². The third-order valence-electron chi connectivity index (χ3n) is 1.45. The van der Waals surface area contributed by atoms with E-state index in [0.717, 1.165) is 0 Å². The van der Waals surface area contributed by atoms with Gasteiger partial charge in [-0.3, -0.25) is 4.98 Å². The van der Waals surface area contributed by atoms with Crippen LogP contribution in [0.3, 0.4) is 0 Å². The van der Waals surface area contributed by atoms with Gasteiger partial charge in [0.2, 0.25) is 0 Å². The highest BCUT2D eigenvalue weighted by molar-refractivity contribution is 7.80. The van der Waals surface area contributed by atoms with Crippen molar-refractivity contribution in [3.8, 4) is 11.8 Å². The largest absolute Gasteiger partial charge is 0.478 e. The van der Waals surface area contributed by atoms with E-state index in [1.807, 2.05) is 0 Å². The second kappa shape index (κ2) is 5.30. The van der Waals surface area contributed by atoms with Crippen molar-refractivity contribution in [3.05, 3.63) is 29.6 Å². The van der Waals surface area contributed by atoms with Gasteiger partial charge in [-0.1, -0.05) is 11.8 Å². The molecule has 0 saturated heterocycles. The zero-order valence-corrected chi connectivity index (χ0v) is 8.29. The maximum absolute atomic E-state index is 10.6. The first-order valence-electron chi connectivity index (χ1n) is 4.02. The lowest BCUT2D eigenvalue weighted by Crippen LogP contribution is -1.97. The van der Waals surface area contributed by atoms with Crippen LogP contribution in [0, 0.1) is 11.8 Å². The number of carboxylic acids is 1. The maximum Gasteiger partial charge on any atom is 0.337 e. The van der Waals surface area contributed by atoms with Gasteiger partial charge >= 0.3 is 5.97 Å². The van der Waals surface area contributed by atoms with E-state index >= 15 is 0 Å². The Bertz CT molecular complexity index is 393. The first kappa shape index (κ1) is 10.6. The fraction of sp³-hybridized carbons (Fsp3) is 0.200. The van der Waals surface area contributed by atoms with Crippen molar-refractivity contribution in [2.45, 2.75) is 6.42 Å². The van der Waals surface area contributed by atoms with Crippen LogP contribution in [0.4, 0.5) is 0 Å². The Balaban J connectivity index is 2.85. The number of hydrogen-bond acceptors (Lipinski definition) is 3. The molecule has 0 saturated carbocycles. The van der Waals surface area contributed by atoms with E-state index in [-0.39, 0.29) is 5.56 Å². The smallest absolute Gasteiger partial charge is 0.337 e. The second-order valence-electron chi connectivity index (χ2n) is 2.54. The van der Waals surface area contributed by atoms with E-state index in [4.69, 9.17) is 5.11 Å². The Morgan fingerprint density at radius 3 is 3.00 bits per heavy atom. The van der Waals surface area contributed by atoms with Crippen LogP contribution < -0.4 is 0 Å². The molecule has 14 heavy (non-hydrogen) atoms. The van der Waals surface area contributed by atoms with Crippen LogP contribution in [0.5, 0.6) is 0 Å². The summed E-state index contributed by atoms with van der Waals surface area (Å²) in [5.41, 5.74) is 0.773. The minimum atomic E-state index is -0.990. The number of pyridine rings is 1. The first-order valence-corrected chi connectivity index (χ1v) is 4.65. The summed E-state index contributed by atoms with van der Waals surface area (Å²) >= 11 is 4.01. The van der Waals surface area contributed by atoms with Crippen molar-refractivity contribution >= 4 is 18.6 Å². The lowest BCUT2D eigenvalue weighted by molar-refractivity contribution is 0.0696. The van der Waals surface area contributed by atoms with Crippen LogP contribution in [0.2, 0.25) is 0 Å². The molecule has 1 aromatic rings. The monoisotopic (exact) mass is 207 g/mol. The molecule has 0 aliphatic carbocycles. The van der Waals surface area contributed by atoms with E-state index in [0.29, 0.717) is 17.7 Å². The van der Waals surface area contributed by atoms with Gasteiger partial charge in [0.15, 0.2) is 0 Å². The number of nitrogens with zero attached hydrogens (tertiary/aromatic N) is 1. The first-order chi connectivity index (χ1) is 6.74. The van der Waals surface area contributed by atoms with Crippen LogP contribution in [0.1, 0.15) is 22.3 Å². The summed E-state index contributed by atoms with van der Waals surface area (Å²) in [6, 6.07) is 1.50. The molecule has 0 atom stereocenters. The van der Waals surface area contributed by atoms with Crippen LogP contribution in [0.15, 0.2) is 18.5 Å². The third-order valence-corrected chi connectivity index (χ3v) is 1.68. The summed E-state index contributed by atoms with van der Waals surface area (Å²) in [6.07, 6.45) is 3.52. The van der Waals surface area contributed by atoms with Gasteiger partial charge in [-0.15, -0.1) is 0 Å². The summed E-state index contributed by atoms with van der Waals surface area (Å²) < 4.78 is 0. The molecule has 72 valence electrons. The second-order valence-corrected chi connectivity index (χ2v) is 2.99. The van der Waals surface area contributed by atoms with Crippen LogP contribution in [-0.2, 0) is 0 Å². The van der Waals surface area contributed by atoms with Gasteiger partial charge in [0.05, 0.1) is 5.56 Å². The van der Waals surface area contributed by atoms with Crippen LogP contribution in [0.25, 0.3) is 0 Å². The lowest BCUT2D eigenvalue weighted by Gasteiger charge is -1.93. The molecule has 1 N–H and O–H groups in total. The Kier molecular flexibility index (Phi) is 4.02. The number of aromatic carboxylic acids is 1. The van der Waals surface area contributed by atoms with E-state index in [2.05, 4.69) is 29.5 Å². The highest BCUT2D eigenvalue weighted by Gasteiger charge is 2.01. The van der Waals surface area contributed by atoms with Crippen molar-refractivity contribution < 1.29 is 9.90 Å². The average molecular weight is 207 g/mol. The molecule has 0 aliphatic rings. The topological polar surface area (TPSA) is 50.2 Å². The van der Waals surface area contributed by atoms with Crippen molar-refractivity contribution in [3.63, 3.8) is 0 Å². The minimum absolute atomic E-state index is 0.155. The molecular weight excluding hydrogens is 198 g/mol. The van der Waals surface area contributed by atoms with E-state index in [1.54, 1.807) is 0 Å². The third kappa shape index (κ3) is 3.11. The number of aromatic nitrogens is 1. The van der Waals surface area contributed by atoms with E-state index in [9.17, 15) is 4.79 Å². The fourth-order valence-electron chi connectivity index (χ4n) is 0.846. The molecule has 1 heterocycles. The molecule has 0 radical (unpaired) electrons. The predicted molar refractivity (Wildman–Crippen MR) is 56.5 cm³/mol. The van der Waals surface area contributed by atoms with Gasteiger partial charge in [0, 0.05) is 30.1 Å². The molecule has 0 bridgehead atoms. The van der Waals surface area contributed by atoms with Gasteiger partial charge in [0.25, 0.3) is 0 Å². The fourth-order valence-corrected chi connectivity index (χ4v) is 0.958. The van der Waals surface area contributed by atoms with Gasteiger partial charge < -0.3 is 5.11 Å². The Hall–Kier alpha value is -1.47. The summed E-state index contributed by atoms with van der Waals surface area (Å²) in [7, 11) is 0. The number of carbonyl (C=O) groups is 1. The number of rotatable bonds is 2. The van der Waals surface area contributed by atoms with Crippen LogP contribution >= 0.6 is 12.6 Å². The summed E-state index contributed by atoms with van der Waals surface area (Å²) in [5, 5.41) is 8.68. The molecule has 0 spiro atoms. The molecule has 0 aromatic carbocycles. The van der Waals surface area contributed by atoms with Crippen molar-refractivity contribution in [1.82, 2.24) is 4.98 Å². The SMILES string of the molecule is O=C(O)c1cncc(C#CCCS)c1. The molecular formula is C10H9NO2S. The van der Waals surface area contributed by atoms with Gasteiger partial charge in [-0.05, 0) is 6.07 Å². The maximum atomic E-state index is 10.6. The Morgan fingerprint density at radius 2 is 2.36 bits per heavy atom. The van der Waals surface area contributed by atoms with Gasteiger partial charge in [0.1, 0.15) is 0 Å². The molecule has 4 heteroatoms. The molecule has 0 fully saturated rings. The molecule has 0 unspecified atom stereocenters. The molecule has 0 amide bonds. The number of hydrogen-bond donors (Lipinski definition) is 2. The zero-order chi connectivity index (χ0) is 10.4. The van der Waals surface area contributed by atoms with Crippen molar-refractivity contribution in [1.29, 1.82) is 0 Å². The van der Waals surface area contributed by atoms with E-state index < -0.39 is 5.97 Å². The van der Waals surface area contributed by atoms with E-state index in [1.165, 1.54) is 18.5 Å². The standard InChI is InChI=1S/C10H9NO2S/c12-10(13)9-5-8(6-11-7-9)3-1-2-4-14/h5-7,14H,2,4H2,(H,12,13). The van der Waals surface area contributed by atoms with Gasteiger partial charge in [-0.2, -0.15) is 12.6 Å². The molecule has 1 aromatic heterocycles. The summed E-state index contributed by atoms with van der Waals surface area (Å²) in [4.78, 5) is 14.4. The van der Waals surface area contributed by atoms with Crippen molar-refractivity contribution in [2.24, 2.45) is 0 Å². The summed E-state index contributed by atoms with van der Waals surface area (Å²) in [6.45, 7) is 0. The normalized spacial score (nSPS) is 8.93. The average Bonchev–Trinajstić information content (AvgIpc) is 2.19. The quantitative estimate of drug-likeness (QED) is 0.570. The molecule has 0 aliphatic heterocycles.